The number of carbonyl (C=O) groups is 2. The Bertz CT molecular complexity index is 1450. The van der Waals surface area contributed by atoms with Gasteiger partial charge in [-0.1, -0.05) is 71.2 Å². The van der Waals surface area contributed by atoms with E-state index in [4.69, 9.17) is 32.7 Å². The Morgan fingerprint density at radius 2 is 1.67 bits per heavy atom. The fourth-order valence-electron chi connectivity index (χ4n) is 3.41. The highest BCUT2D eigenvalue weighted by molar-refractivity contribution is 6.35. The first-order valence-corrected chi connectivity index (χ1v) is 11.8. The number of benzene rings is 4. The third kappa shape index (κ3) is 6.03. The molecule has 1 amide bonds. The highest BCUT2D eigenvalue weighted by atomic mass is 35.5. The molecule has 36 heavy (non-hydrogen) atoms. The van der Waals surface area contributed by atoms with Gasteiger partial charge in [0.15, 0.2) is 6.10 Å². The summed E-state index contributed by atoms with van der Waals surface area (Å²) in [5, 5.41) is 6.58. The highest BCUT2D eigenvalue weighted by Gasteiger charge is 2.17. The Labute approximate surface area is 218 Å². The van der Waals surface area contributed by atoms with Crippen molar-refractivity contribution in [3.63, 3.8) is 0 Å². The van der Waals surface area contributed by atoms with Crippen molar-refractivity contribution in [2.75, 3.05) is 0 Å². The largest absolute Gasteiger partial charge is 0.479 e. The molecule has 8 heteroatoms. The van der Waals surface area contributed by atoms with E-state index in [9.17, 15) is 9.59 Å². The van der Waals surface area contributed by atoms with Gasteiger partial charge in [-0.2, -0.15) is 5.10 Å². The summed E-state index contributed by atoms with van der Waals surface area (Å²) in [5.74, 6) is -0.344. The van der Waals surface area contributed by atoms with Gasteiger partial charge in [0, 0.05) is 10.6 Å². The summed E-state index contributed by atoms with van der Waals surface area (Å²) in [6.07, 6.45) is 0.562. The van der Waals surface area contributed by atoms with E-state index in [1.54, 1.807) is 37.3 Å². The molecule has 4 aromatic carbocycles. The molecule has 0 aliphatic rings. The zero-order valence-electron chi connectivity index (χ0n) is 19.5. The van der Waals surface area contributed by atoms with Gasteiger partial charge in [0.25, 0.3) is 5.91 Å². The molecule has 182 valence electrons. The van der Waals surface area contributed by atoms with Gasteiger partial charge in [0.1, 0.15) is 11.5 Å². The van der Waals surface area contributed by atoms with Crippen LogP contribution in [0.5, 0.6) is 11.5 Å². The smallest absolute Gasteiger partial charge is 0.343 e. The molecular formula is C28H22Cl2N2O4. The lowest BCUT2D eigenvalue weighted by Gasteiger charge is -2.14. The first-order chi connectivity index (χ1) is 17.3. The molecule has 0 fully saturated rings. The van der Waals surface area contributed by atoms with Crippen LogP contribution in [0.25, 0.3) is 10.8 Å². The van der Waals surface area contributed by atoms with Gasteiger partial charge in [0.2, 0.25) is 0 Å². The van der Waals surface area contributed by atoms with Crippen LogP contribution in [-0.4, -0.2) is 24.2 Å². The molecule has 1 N–H and O–H groups in total. The molecule has 4 rings (SSSR count). The molecule has 0 spiro atoms. The number of ether oxygens (including phenoxy) is 2. The summed E-state index contributed by atoms with van der Waals surface area (Å²) < 4.78 is 11.3. The zero-order valence-corrected chi connectivity index (χ0v) is 21.0. The van der Waals surface area contributed by atoms with Crippen LogP contribution in [0.4, 0.5) is 0 Å². The lowest BCUT2D eigenvalue weighted by molar-refractivity contribution is -0.127. The number of halogens is 2. The van der Waals surface area contributed by atoms with Crippen LogP contribution in [0.1, 0.15) is 28.4 Å². The van der Waals surface area contributed by atoms with Gasteiger partial charge < -0.3 is 9.47 Å². The van der Waals surface area contributed by atoms with E-state index in [2.05, 4.69) is 10.5 Å². The molecule has 0 radical (unpaired) electrons. The van der Waals surface area contributed by atoms with Crippen LogP contribution in [0.15, 0.2) is 84.0 Å². The Morgan fingerprint density at radius 3 is 2.42 bits per heavy atom. The number of rotatable bonds is 7. The number of hydrazone groups is 1. The van der Waals surface area contributed by atoms with Crippen molar-refractivity contribution >= 4 is 52.1 Å². The van der Waals surface area contributed by atoms with Crippen molar-refractivity contribution in [1.82, 2.24) is 5.43 Å². The quantitative estimate of drug-likeness (QED) is 0.129. The number of nitrogens with zero attached hydrogens (tertiary/aromatic N) is 1. The number of amides is 1. The normalized spacial score (nSPS) is 11.9. The minimum absolute atomic E-state index is 0.293. The van der Waals surface area contributed by atoms with E-state index < -0.39 is 18.0 Å². The van der Waals surface area contributed by atoms with E-state index in [-0.39, 0.29) is 0 Å². The average Bonchev–Trinajstić information content (AvgIpc) is 2.87. The molecule has 1 atom stereocenters. The second-order valence-corrected chi connectivity index (χ2v) is 8.87. The van der Waals surface area contributed by atoms with Gasteiger partial charge >= 0.3 is 5.97 Å². The van der Waals surface area contributed by atoms with Crippen LogP contribution >= 0.6 is 23.2 Å². The van der Waals surface area contributed by atoms with Crippen LogP contribution in [0, 0.1) is 6.92 Å². The summed E-state index contributed by atoms with van der Waals surface area (Å²) in [6, 6.07) is 23.0. The van der Waals surface area contributed by atoms with Crippen molar-refractivity contribution < 1.29 is 19.1 Å². The molecule has 0 aliphatic heterocycles. The number of hydrogen-bond donors (Lipinski definition) is 1. The van der Waals surface area contributed by atoms with Crippen LogP contribution < -0.4 is 14.9 Å². The highest BCUT2D eigenvalue weighted by Crippen LogP contribution is 2.29. The van der Waals surface area contributed by atoms with Gasteiger partial charge in [-0.3, -0.25) is 4.79 Å². The van der Waals surface area contributed by atoms with Crippen molar-refractivity contribution in [2.45, 2.75) is 20.0 Å². The fraction of sp³-hybridized carbons (Fsp3) is 0.107. The Morgan fingerprint density at radius 1 is 0.944 bits per heavy atom. The van der Waals surface area contributed by atoms with Crippen molar-refractivity contribution in [3.8, 4) is 11.5 Å². The maximum Gasteiger partial charge on any atom is 0.343 e. The standard InChI is InChI=1S/C28H22Cl2N2O4/c1-17-7-9-20(10-8-17)28(34)36-25-13-11-19-5-3-4-6-22(19)23(25)16-31-32-27(33)18(2)35-26-14-12-21(29)15-24(26)30/h3-16,18H,1-2H3,(H,32,33)/b31-16-/t18-/m1/s1. The second kappa shape index (κ2) is 11.2. The topological polar surface area (TPSA) is 77.0 Å². The molecule has 4 aromatic rings. The Kier molecular flexibility index (Phi) is 7.88. The predicted molar refractivity (Wildman–Crippen MR) is 142 cm³/mol. The first kappa shape index (κ1) is 25.2. The van der Waals surface area contributed by atoms with Gasteiger partial charge in [-0.25, -0.2) is 10.2 Å². The van der Waals surface area contributed by atoms with Crippen LogP contribution in [0.3, 0.4) is 0 Å². The lowest BCUT2D eigenvalue weighted by atomic mass is 10.0. The summed E-state index contributed by atoms with van der Waals surface area (Å²) in [6.45, 7) is 3.51. The van der Waals surface area contributed by atoms with Crippen LogP contribution in [0.2, 0.25) is 10.0 Å². The molecule has 0 heterocycles. The molecule has 0 saturated carbocycles. The Hall–Kier alpha value is -3.87. The minimum atomic E-state index is -0.882. The van der Waals surface area contributed by atoms with E-state index >= 15 is 0 Å². The molecule has 0 aromatic heterocycles. The van der Waals surface area contributed by atoms with E-state index in [1.165, 1.54) is 12.3 Å². The minimum Gasteiger partial charge on any atom is -0.479 e. The molecule has 0 aliphatic carbocycles. The van der Waals surface area contributed by atoms with E-state index in [0.717, 1.165) is 16.3 Å². The van der Waals surface area contributed by atoms with Crippen molar-refractivity contribution in [1.29, 1.82) is 0 Å². The summed E-state index contributed by atoms with van der Waals surface area (Å²) in [7, 11) is 0. The number of fused-ring (bicyclic) bond motifs is 1. The van der Waals surface area contributed by atoms with Gasteiger partial charge in [-0.05, 0) is 61.0 Å². The third-order valence-electron chi connectivity index (χ3n) is 5.36. The summed E-state index contributed by atoms with van der Waals surface area (Å²) in [4.78, 5) is 25.3. The number of nitrogens with one attached hydrogen (secondary N) is 1. The van der Waals surface area contributed by atoms with Crippen molar-refractivity contribution in [2.24, 2.45) is 5.10 Å². The average molecular weight is 521 g/mol. The van der Waals surface area contributed by atoms with E-state index in [1.807, 2.05) is 49.4 Å². The zero-order chi connectivity index (χ0) is 25.7. The number of hydrogen-bond acceptors (Lipinski definition) is 5. The SMILES string of the molecule is Cc1ccc(C(=O)Oc2ccc3ccccc3c2/C=N\NC(=O)[C@@H](C)Oc2ccc(Cl)cc2Cl)cc1. The number of aryl methyl sites for hydroxylation is 1. The third-order valence-corrected chi connectivity index (χ3v) is 5.89. The van der Waals surface area contributed by atoms with E-state index in [0.29, 0.717) is 32.7 Å². The second-order valence-electron chi connectivity index (χ2n) is 8.02. The molecule has 6 nitrogen and oxygen atoms in total. The maximum absolute atomic E-state index is 12.7. The molecule has 0 bridgehead atoms. The molecule has 0 saturated heterocycles. The monoisotopic (exact) mass is 520 g/mol. The number of carbonyl (C=O) groups excluding carboxylic acids is 2. The Balaban J connectivity index is 1.53. The first-order valence-electron chi connectivity index (χ1n) is 11.1. The predicted octanol–water partition coefficient (Wildman–Crippen LogP) is 6.59. The summed E-state index contributed by atoms with van der Waals surface area (Å²) >= 11 is 12.0. The fourth-order valence-corrected chi connectivity index (χ4v) is 3.87. The van der Waals surface area contributed by atoms with Gasteiger partial charge in [-0.15, -0.1) is 0 Å². The number of esters is 1. The summed E-state index contributed by atoms with van der Waals surface area (Å²) in [5.41, 5.74) is 4.47. The van der Waals surface area contributed by atoms with Gasteiger partial charge in [0.05, 0.1) is 16.8 Å². The van der Waals surface area contributed by atoms with Crippen LogP contribution in [-0.2, 0) is 4.79 Å². The maximum atomic E-state index is 12.7. The van der Waals surface area contributed by atoms with Crippen molar-refractivity contribution in [3.05, 3.63) is 106 Å². The lowest BCUT2D eigenvalue weighted by Crippen LogP contribution is -2.33. The molecule has 0 unspecified atom stereocenters. The molecular weight excluding hydrogens is 499 g/mol.